The van der Waals surface area contributed by atoms with Gasteiger partial charge in [0.05, 0.1) is 0 Å². The summed E-state index contributed by atoms with van der Waals surface area (Å²) in [6.45, 7) is 5.86. The van der Waals surface area contributed by atoms with Crippen molar-refractivity contribution >= 4 is 12.6 Å². The Kier molecular flexibility index (Phi) is 7.77. The predicted octanol–water partition coefficient (Wildman–Crippen LogP) is 3.02. The van der Waals surface area contributed by atoms with E-state index in [2.05, 4.69) is 26.0 Å². The number of hydrogen-bond donors (Lipinski definition) is 0. The van der Waals surface area contributed by atoms with Gasteiger partial charge in [-0.1, -0.05) is 57.0 Å². The van der Waals surface area contributed by atoms with Crippen LogP contribution < -0.4 is 5.46 Å². The second kappa shape index (κ2) is 9.26. The highest BCUT2D eigenvalue weighted by molar-refractivity contribution is 6.61. The molecule has 0 unspecified atom stereocenters. The van der Waals surface area contributed by atoms with E-state index in [4.69, 9.17) is 9.31 Å². The lowest BCUT2D eigenvalue weighted by atomic mass is 9.79. The van der Waals surface area contributed by atoms with Gasteiger partial charge in [0.2, 0.25) is 0 Å². The van der Waals surface area contributed by atoms with Crippen molar-refractivity contribution in [2.75, 3.05) is 13.2 Å². The van der Waals surface area contributed by atoms with Gasteiger partial charge in [-0.2, -0.15) is 0 Å². The molecule has 0 atom stereocenters. The average molecular weight is 234 g/mol. The fourth-order valence-electron chi connectivity index (χ4n) is 1.52. The molecule has 1 aromatic carbocycles. The first-order valence-electron chi connectivity index (χ1n) is 6.66. The van der Waals surface area contributed by atoms with Gasteiger partial charge in [0, 0.05) is 13.2 Å². The summed E-state index contributed by atoms with van der Waals surface area (Å²) >= 11 is 0. The summed E-state index contributed by atoms with van der Waals surface area (Å²) in [5.74, 6) is 0. The first-order chi connectivity index (χ1) is 8.38. The van der Waals surface area contributed by atoms with Crippen LogP contribution in [0.3, 0.4) is 0 Å². The number of rotatable bonds is 9. The van der Waals surface area contributed by atoms with Crippen molar-refractivity contribution in [1.82, 2.24) is 0 Å². The van der Waals surface area contributed by atoms with E-state index in [9.17, 15) is 0 Å². The summed E-state index contributed by atoms with van der Waals surface area (Å²) in [6.07, 6.45) is 4.47. The Morgan fingerprint density at radius 1 is 0.882 bits per heavy atom. The number of hydrogen-bond acceptors (Lipinski definition) is 2. The zero-order valence-electron chi connectivity index (χ0n) is 11.0. The maximum atomic E-state index is 5.79. The fourth-order valence-corrected chi connectivity index (χ4v) is 1.52. The van der Waals surface area contributed by atoms with E-state index in [0.29, 0.717) is 0 Å². The van der Waals surface area contributed by atoms with E-state index in [-0.39, 0.29) is 7.12 Å². The van der Waals surface area contributed by atoms with E-state index in [1.54, 1.807) is 0 Å². The first-order valence-corrected chi connectivity index (χ1v) is 6.66. The van der Waals surface area contributed by atoms with Gasteiger partial charge < -0.3 is 9.31 Å². The van der Waals surface area contributed by atoms with Crippen LogP contribution >= 0.6 is 0 Å². The Morgan fingerprint density at radius 3 is 1.88 bits per heavy atom. The highest BCUT2D eigenvalue weighted by atomic mass is 16.6. The molecule has 0 saturated carbocycles. The lowest BCUT2D eigenvalue weighted by Crippen LogP contribution is -2.37. The molecule has 17 heavy (non-hydrogen) atoms. The van der Waals surface area contributed by atoms with E-state index in [1.165, 1.54) is 0 Å². The monoisotopic (exact) mass is 234 g/mol. The van der Waals surface area contributed by atoms with E-state index >= 15 is 0 Å². The molecule has 0 radical (unpaired) electrons. The van der Waals surface area contributed by atoms with Gasteiger partial charge in [-0.3, -0.25) is 0 Å². The minimum atomic E-state index is -0.200. The van der Waals surface area contributed by atoms with Gasteiger partial charge in [0.15, 0.2) is 0 Å². The van der Waals surface area contributed by atoms with Crippen molar-refractivity contribution in [3.63, 3.8) is 0 Å². The number of benzene rings is 1. The van der Waals surface area contributed by atoms with Gasteiger partial charge in [-0.25, -0.2) is 0 Å². The Labute approximate surface area is 105 Å². The Morgan fingerprint density at radius 2 is 1.41 bits per heavy atom. The van der Waals surface area contributed by atoms with Crippen LogP contribution in [0.25, 0.3) is 0 Å². The molecular weight excluding hydrogens is 211 g/mol. The summed E-state index contributed by atoms with van der Waals surface area (Å²) in [4.78, 5) is 0. The fraction of sp³-hybridized carbons (Fsp3) is 0.571. The quantitative estimate of drug-likeness (QED) is 0.483. The molecule has 1 rings (SSSR count). The molecule has 94 valence electrons. The maximum Gasteiger partial charge on any atom is 0.493 e. The molecule has 0 heterocycles. The molecule has 0 spiro atoms. The molecule has 0 saturated heterocycles. The Balaban J connectivity index is 2.46. The van der Waals surface area contributed by atoms with Crippen LogP contribution in [0.1, 0.15) is 39.5 Å². The lowest BCUT2D eigenvalue weighted by molar-refractivity contribution is 0.202. The molecule has 2 nitrogen and oxygen atoms in total. The van der Waals surface area contributed by atoms with Gasteiger partial charge in [0.25, 0.3) is 0 Å². The summed E-state index contributed by atoms with van der Waals surface area (Å²) in [5, 5.41) is 0. The third-order valence-electron chi connectivity index (χ3n) is 2.61. The molecule has 0 aromatic heterocycles. The van der Waals surface area contributed by atoms with Crippen LogP contribution in [0.4, 0.5) is 0 Å². The largest absolute Gasteiger partial charge is 0.493 e. The van der Waals surface area contributed by atoms with Crippen molar-refractivity contribution < 1.29 is 9.31 Å². The van der Waals surface area contributed by atoms with E-state index in [0.717, 1.165) is 44.4 Å². The maximum absolute atomic E-state index is 5.79. The lowest BCUT2D eigenvalue weighted by Gasteiger charge is -2.14. The summed E-state index contributed by atoms with van der Waals surface area (Å²) in [5.41, 5.74) is 1.11. The highest BCUT2D eigenvalue weighted by Gasteiger charge is 2.20. The zero-order chi connectivity index (χ0) is 12.3. The van der Waals surface area contributed by atoms with Crippen LogP contribution in [-0.2, 0) is 9.31 Å². The van der Waals surface area contributed by atoms with E-state index < -0.39 is 0 Å². The van der Waals surface area contributed by atoms with Crippen molar-refractivity contribution in [2.24, 2.45) is 0 Å². The normalized spacial score (nSPS) is 10.5. The van der Waals surface area contributed by atoms with Gasteiger partial charge in [-0.05, 0) is 18.3 Å². The first kappa shape index (κ1) is 14.3. The third kappa shape index (κ3) is 5.90. The second-order valence-electron chi connectivity index (χ2n) is 4.19. The van der Waals surface area contributed by atoms with Crippen LogP contribution in [0, 0.1) is 0 Å². The van der Waals surface area contributed by atoms with Crippen molar-refractivity contribution in [2.45, 2.75) is 39.5 Å². The number of unbranched alkanes of at least 4 members (excludes halogenated alkanes) is 2. The minimum Gasteiger partial charge on any atom is -0.407 e. The van der Waals surface area contributed by atoms with Gasteiger partial charge in [0.1, 0.15) is 0 Å². The predicted molar refractivity (Wildman–Crippen MR) is 73.6 cm³/mol. The van der Waals surface area contributed by atoms with Crippen LogP contribution in [-0.4, -0.2) is 20.3 Å². The SMILES string of the molecule is CCCCOB(OCCCC)c1ccccc1. The zero-order valence-corrected chi connectivity index (χ0v) is 11.0. The second-order valence-corrected chi connectivity index (χ2v) is 4.19. The Hall–Kier alpha value is -0.795. The van der Waals surface area contributed by atoms with Gasteiger partial charge in [-0.15, -0.1) is 0 Å². The van der Waals surface area contributed by atoms with Crippen molar-refractivity contribution in [1.29, 1.82) is 0 Å². The molecule has 0 fully saturated rings. The van der Waals surface area contributed by atoms with E-state index in [1.807, 2.05) is 18.2 Å². The molecule has 0 aliphatic carbocycles. The highest BCUT2D eigenvalue weighted by Crippen LogP contribution is 1.98. The molecule has 0 N–H and O–H groups in total. The van der Waals surface area contributed by atoms with Crippen LogP contribution in [0.5, 0.6) is 0 Å². The summed E-state index contributed by atoms with van der Waals surface area (Å²) < 4.78 is 11.6. The van der Waals surface area contributed by atoms with Gasteiger partial charge >= 0.3 is 7.12 Å². The third-order valence-corrected chi connectivity index (χ3v) is 2.61. The standard InChI is InChI=1S/C14H23BO2/c1-3-5-12-16-15(17-13-6-4-2)14-10-8-7-9-11-14/h7-11H,3-6,12-13H2,1-2H3. The van der Waals surface area contributed by atoms with Crippen LogP contribution in [0.2, 0.25) is 0 Å². The molecule has 0 amide bonds. The molecule has 0 bridgehead atoms. The molecule has 0 aliphatic rings. The summed E-state index contributed by atoms with van der Waals surface area (Å²) in [7, 11) is -0.200. The molecular formula is C14H23BO2. The Bertz CT molecular complexity index is 267. The average Bonchev–Trinajstić information content (AvgIpc) is 2.38. The molecule has 1 aromatic rings. The smallest absolute Gasteiger partial charge is 0.407 e. The topological polar surface area (TPSA) is 18.5 Å². The van der Waals surface area contributed by atoms with Crippen LogP contribution in [0.15, 0.2) is 30.3 Å². The molecule has 0 aliphatic heterocycles. The van der Waals surface area contributed by atoms with Crippen molar-refractivity contribution in [3.8, 4) is 0 Å². The molecule has 3 heteroatoms. The minimum absolute atomic E-state index is 0.200. The summed E-state index contributed by atoms with van der Waals surface area (Å²) in [6, 6.07) is 10.2. The van der Waals surface area contributed by atoms with Crippen molar-refractivity contribution in [3.05, 3.63) is 30.3 Å².